The van der Waals surface area contributed by atoms with Crippen molar-refractivity contribution in [2.45, 2.75) is 64.8 Å². The minimum Gasteiger partial charge on any atom is -0.352 e. The number of nitrogens with one attached hydrogen (secondary N) is 2. The Bertz CT molecular complexity index is 584. The zero-order valence-electron chi connectivity index (χ0n) is 16.4. The number of hydrogen-bond acceptors (Lipinski definition) is 3. The maximum Gasteiger partial charge on any atom is 0.251 e. The van der Waals surface area contributed by atoms with Crippen molar-refractivity contribution < 1.29 is 9.59 Å². The summed E-state index contributed by atoms with van der Waals surface area (Å²) in [5.41, 5.74) is 7.60. The average Bonchev–Trinajstić information content (AvgIpc) is 2.67. The van der Waals surface area contributed by atoms with Gasteiger partial charge in [-0.25, -0.2) is 0 Å². The van der Waals surface area contributed by atoms with E-state index in [4.69, 9.17) is 5.73 Å². The van der Waals surface area contributed by atoms with Crippen molar-refractivity contribution in [3.63, 3.8) is 0 Å². The fourth-order valence-corrected chi connectivity index (χ4v) is 3.61. The first-order valence-electron chi connectivity index (χ1n) is 9.92. The van der Waals surface area contributed by atoms with Crippen LogP contribution in [0.25, 0.3) is 0 Å². The number of carbonyl (C=O) groups is 2. The number of amides is 2. The quantitative estimate of drug-likeness (QED) is 0.559. The molecule has 1 aliphatic carbocycles. The Labute approximate surface area is 169 Å². The van der Waals surface area contributed by atoms with Crippen LogP contribution in [-0.2, 0) is 11.3 Å². The first-order valence-corrected chi connectivity index (χ1v) is 9.92. The molecule has 0 saturated heterocycles. The van der Waals surface area contributed by atoms with E-state index in [0.29, 0.717) is 31.6 Å². The molecule has 0 aliphatic heterocycles. The third kappa shape index (κ3) is 7.51. The fraction of sp³-hybridized carbons (Fsp3) is 0.619. The highest BCUT2D eigenvalue weighted by atomic mass is 35.5. The topological polar surface area (TPSA) is 84.2 Å². The van der Waals surface area contributed by atoms with E-state index >= 15 is 0 Å². The van der Waals surface area contributed by atoms with Gasteiger partial charge in [0, 0.05) is 25.1 Å². The lowest BCUT2D eigenvalue weighted by atomic mass is 9.71. The Morgan fingerprint density at radius 2 is 1.74 bits per heavy atom. The SMILES string of the molecule is CCCCNC(=O)c1ccc(CNC(=O)CC2(CN)CCCCC2)cc1.Cl. The first-order chi connectivity index (χ1) is 12.6. The highest BCUT2D eigenvalue weighted by molar-refractivity contribution is 5.94. The van der Waals surface area contributed by atoms with Crippen LogP contribution in [0.2, 0.25) is 0 Å². The van der Waals surface area contributed by atoms with Crippen molar-refractivity contribution in [3.8, 4) is 0 Å². The van der Waals surface area contributed by atoms with E-state index in [1.807, 2.05) is 24.3 Å². The Morgan fingerprint density at radius 3 is 2.33 bits per heavy atom. The van der Waals surface area contributed by atoms with Gasteiger partial charge in [0.25, 0.3) is 5.91 Å². The fourth-order valence-electron chi connectivity index (χ4n) is 3.61. The second kappa shape index (κ2) is 12.0. The summed E-state index contributed by atoms with van der Waals surface area (Å²) in [5, 5.41) is 5.91. The number of rotatable bonds is 9. The molecule has 0 aromatic heterocycles. The lowest BCUT2D eigenvalue weighted by Crippen LogP contribution is -2.38. The molecule has 0 spiro atoms. The summed E-state index contributed by atoms with van der Waals surface area (Å²) in [6, 6.07) is 7.42. The van der Waals surface area contributed by atoms with Gasteiger partial charge < -0.3 is 16.4 Å². The third-order valence-corrected chi connectivity index (χ3v) is 5.40. The van der Waals surface area contributed by atoms with Gasteiger partial charge in [0.2, 0.25) is 5.91 Å². The van der Waals surface area contributed by atoms with Gasteiger partial charge in [-0.2, -0.15) is 0 Å². The van der Waals surface area contributed by atoms with Gasteiger partial charge >= 0.3 is 0 Å². The van der Waals surface area contributed by atoms with E-state index < -0.39 is 0 Å². The second-order valence-electron chi connectivity index (χ2n) is 7.52. The molecule has 6 heteroatoms. The first kappa shape index (κ1) is 23.4. The summed E-state index contributed by atoms with van der Waals surface area (Å²) in [6.07, 6.45) is 8.27. The zero-order chi connectivity index (χ0) is 18.8. The average molecular weight is 396 g/mol. The number of carbonyl (C=O) groups excluding carboxylic acids is 2. The molecule has 1 saturated carbocycles. The van der Waals surface area contributed by atoms with Crippen LogP contribution in [0.15, 0.2) is 24.3 Å². The molecule has 0 bridgehead atoms. The van der Waals surface area contributed by atoms with Gasteiger partial charge in [-0.15, -0.1) is 12.4 Å². The molecule has 4 N–H and O–H groups in total. The molecule has 2 rings (SSSR count). The second-order valence-corrected chi connectivity index (χ2v) is 7.52. The van der Waals surface area contributed by atoms with Crippen molar-refractivity contribution in [1.29, 1.82) is 0 Å². The van der Waals surface area contributed by atoms with E-state index in [1.54, 1.807) is 0 Å². The van der Waals surface area contributed by atoms with Gasteiger partial charge in [-0.1, -0.05) is 44.7 Å². The van der Waals surface area contributed by atoms with Crippen LogP contribution in [-0.4, -0.2) is 24.9 Å². The summed E-state index contributed by atoms with van der Waals surface area (Å²) in [6.45, 7) is 3.87. The molecule has 0 unspecified atom stereocenters. The monoisotopic (exact) mass is 395 g/mol. The van der Waals surface area contributed by atoms with Crippen molar-refractivity contribution in [2.75, 3.05) is 13.1 Å². The number of hydrogen-bond donors (Lipinski definition) is 3. The van der Waals surface area contributed by atoms with Crippen LogP contribution < -0.4 is 16.4 Å². The zero-order valence-corrected chi connectivity index (χ0v) is 17.2. The van der Waals surface area contributed by atoms with Gasteiger partial charge in [0.15, 0.2) is 0 Å². The standard InChI is InChI=1S/C21H33N3O2.ClH/c1-2-3-13-23-20(26)18-9-7-17(8-10-18)15-24-19(25)14-21(16-22)11-5-4-6-12-21;/h7-10H,2-6,11-16,22H2,1H3,(H,23,26)(H,24,25);1H. The van der Waals surface area contributed by atoms with Crippen LogP contribution in [0.5, 0.6) is 0 Å². The molecule has 152 valence electrons. The van der Waals surface area contributed by atoms with E-state index in [0.717, 1.165) is 31.2 Å². The molecule has 0 atom stereocenters. The van der Waals surface area contributed by atoms with E-state index in [2.05, 4.69) is 17.6 Å². The highest BCUT2D eigenvalue weighted by Crippen LogP contribution is 2.38. The molecule has 5 nitrogen and oxygen atoms in total. The lowest BCUT2D eigenvalue weighted by molar-refractivity contribution is -0.124. The lowest BCUT2D eigenvalue weighted by Gasteiger charge is -2.35. The van der Waals surface area contributed by atoms with Crippen LogP contribution in [0.4, 0.5) is 0 Å². The third-order valence-electron chi connectivity index (χ3n) is 5.40. The number of nitrogens with two attached hydrogens (primary N) is 1. The molecule has 27 heavy (non-hydrogen) atoms. The van der Waals surface area contributed by atoms with Crippen molar-refractivity contribution in [3.05, 3.63) is 35.4 Å². The molecule has 0 heterocycles. The van der Waals surface area contributed by atoms with E-state index in [1.165, 1.54) is 19.3 Å². The van der Waals surface area contributed by atoms with Crippen LogP contribution in [0.1, 0.15) is 74.2 Å². The minimum absolute atomic E-state index is 0. The Morgan fingerprint density at radius 1 is 1.07 bits per heavy atom. The van der Waals surface area contributed by atoms with Gasteiger partial charge in [0.05, 0.1) is 0 Å². The summed E-state index contributed by atoms with van der Waals surface area (Å²) in [4.78, 5) is 24.3. The largest absolute Gasteiger partial charge is 0.352 e. The molecule has 1 aliphatic rings. The molecule has 1 fully saturated rings. The van der Waals surface area contributed by atoms with Crippen molar-refractivity contribution in [1.82, 2.24) is 10.6 Å². The predicted octanol–water partition coefficient (Wildman–Crippen LogP) is 3.55. The van der Waals surface area contributed by atoms with E-state index in [-0.39, 0.29) is 29.6 Å². The summed E-state index contributed by atoms with van der Waals surface area (Å²) in [7, 11) is 0. The maximum atomic E-state index is 12.3. The Hall–Kier alpha value is -1.59. The van der Waals surface area contributed by atoms with Gasteiger partial charge in [0.1, 0.15) is 0 Å². The molecular weight excluding hydrogens is 362 g/mol. The summed E-state index contributed by atoms with van der Waals surface area (Å²) >= 11 is 0. The van der Waals surface area contributed by atoms with Gasteiger partial charge in [-0.3, -0.25) is 9.59 Å². The maximum absolute atomic E-state index is 12.3. The molecule has 1 aromatic rings. The number of halogens is 1. The highest BCUT2D eigenvalue weighted by Gasteiger charge is 2.32. The Kier molecular flexibility index (Phi) is 10.4. The van der Waals surface area contributed by atoms with Crippen LogP contribution in [0.3, 0.4) is 0 Å². The predicted molar refractivity (Wildman–Crippen MR) is 112 cm³/mol. The van der Waals surface area contributed by atoms with Crippen molar-refractivity contribution >= 4 is 24.2 Å². The number of benzene rings is 1. The molecular formula is C21H34ClN3O2. The number of unbranched alkanes of at least 4 members (excludes halogenated alkanes) is 1. The minimum atomic E-state index is -0.0452. The molecule has 2 amide bonds. The molecule has 1 aromatic carbocycles. The van der Waals surface area contributed by atoms with Crippen LogP contribution in [0, 0.1) is 5.41 Å². The normalized spacial score (nSPS) is 15.5. The van der Waals surface area contributed by atoms with E-state index in [9.17, 15) is 9.59 Å². The molecule has 0 radical (unpaired) electrons. The summed E-state index contributed by atoms with van der Waals surface area (Å²) < 4.78 is 0. The van der Waals surface area contributed by atoms with Crippen LogP contribution >= 0.6 is 12.4 Å². The van der Waals surface area contributed by atoms with Crippen molar-refractivity contribution in [2.24, 2.45) is 11.1 Å². The smallest absolute Gasteiger partial charge is 0.251 e. The van der Waals surface area contributed by atoms with Gasteiger partial charge in [-0.05, 0) is 48.9 Å². The summed E-state index contributed by atoms with van der Waals surface area (Å²) in [5.74, 6) is 0.0231. The Balaban J connectivity index is 0.00000364.